The van der Waals surface area contributed by atoms with Crippen LogP contribution < -0.4 is 0 Å². The average molecular weight is 604 g/mol. The summed E-state index contributed by atoms with van der Waals surface area (Å²) < 4.78 is 29.5. The summed E-state index contributed by atoms with van der Waals surface area (Å²) in [6.07, 6.45) is 1.32. The maximum atomic E-state index is 16.7. The van der Waals surface area contributed by atoms with Crippen molar-refractivity contribution >= 4 is 17.5 Å². The van der Waals surface area contributed by atoms with Crippen molar-refractivity contribution in [2.75, 3.05) is 27.2 Å². The van der Waals surface area contributed by atoms with Gasteiger partial charge in [0.25, 0.3) is 5.91 Å². The minimum atomic E-state index is -1.60. The quantitative estimate of drug-likeness (QED) is 0.351. The van der Waals surface area contributed by atoms with E-state index in [0.717, 1.165) is 31.5 Å². The first kappa shape index (κ1) is 29.7. The van der Waals surface area contributed by atoms with Crippen LogP contribution in [-0.4, -0.2) is 60.3 Å². The fourth-order valence-electron chi connectivity index (χ4n) is 6.75. The second-order valence-electron chi connectivity index (χ2n) is 11.9. The molecular formula is C34H35ClFN3O4. The molecule has 0 radical (unpaired) electrons. The molecular weight excluding hydrogens is 569 g/mol. The monoisotopic (exact) mass is 603 g/mol. The smallest absolute Gasteiger partial charge is 0.257 e. The molecule has 1 saturated heterocycles. The van der Waals surface area contributed by atoms with Crippen molar-refractivity contribution in [2.45, 2.75) is 56.3 Å². The summed E-state index contributed by atoms with van der Waals surface area (Å²) in [4.78, 5) is 18.3. The second kappa shape index (κ2) is 12.0. The fourth-order valence-corrected chi connectivity index (χ4v) is 6.88. The molecule has 2 heterocycles. The number of carbonyl (C=O) groups is 1. The predicted octanol–water partition coefficient (Wildman–Crippen LogP) is 5.78. The Morgan fingerprint density at radius 1 is 1.12 bits per heavy atom. The van der Waals surface area contributed by atoms with Gasteiger partial charge in [0.2, 0.25) is 5.72 Å². The van der Waals surface area contributed by atoms with Crippen LogP contribution in [0.5, 0.6) is 0 Å². The topological polar surface area (TPSA) is 86.0 Å². The highest BCUT2D eigenvalue weighted by molar-refractivity contribution is 6.30. The molecule has 1 amide bonds. The van der Waals surface area contributed by atoms with Crippen molar-refractivity contribution in [3.05, 3.63) is 105 Å². The van der Waals surface area contributed by atoms with Crippen LogP contribution in [0.1, 0.15) is 70.0 Å². The molecule has 7 nitrogen and oxygen atoms in total. The van der Waals surface area contributed by atoms with Crippen molar-refractivity contribution in [2.24, 2.45) is 5.92 Å². The number of aliphatic hydroxyl groups excluding tert-OH is 1. The Hall–Kier alpha value is -3.32. The normalized spacial score (nSPS) is 24.8. The van der Waals surface area contributed by atoms with Crippen LogP contribution in [0, 0.1) is 23.1 Å². The highest BCUT2D eigenvalue weighted by atomic mass is 35.5. The zero-order valence-corrected chi connectivity index (χ0v) is 25.1. The Kier molecular flexibility index (Phi) is 8.29. The molecule has 2 aliphatic heterocycles. The van der Waals surface area contributed by atoms with Crippen LogP contribution in [0.15, 0.2) is 60.7 Å². The van der Waals surface area contributed by atoms with Crippen LogP contribution in [-0.2, 0) is 21.7 Å². The maximum absolute atomic E-state index is 16.7. The van der Waals surface area contributed by atoms with E-state index < -0.39 is 23.8 Å². The number of nitrogens with zero attached hydrogens (tertiary/aromatic N) is 3. The van der Waals surface area contributed by atoms with E-state index in [-0.39, 0.29) is 35.6 Å². The molecule has 224 valence electrons. The van der Waals surface area contributed by atoms with Gasteiger partial charge in [-0.3, -0.25) is 9.69 Å². The van der Waals surface area contributed by atoms with Gasteiger partial charge in [-0.25, -0.2) is 4.39 Å². The van der Waals surface area contributed by atoms with Gasteiger partial charge in [0.1, 0.15) is 5.82 Å². The molecule has 1 aliphatic carbocycles. The molecule has 1 saturated carbocycles. The average Bonchev–Trinajstić information content (AvgIpc) is 3.22. The van der Waals surface area contributed by atoms with Gasteiger partial charge in [-0.1, -0.05) is 35.9 Å². The van der Waals surface area contributed by atoms with E-state index in [1.165, 1.54) is 6.07 Å². The fraction of sp³-hybridized carbons (Fsp3) is 0.412. The maximum Gasteiger partial charge on any atom is 0.257 e. The summed E-state index contributed by atoms with van der Waals surface area (Å²) in [5.41, 5.74) is 1.23. The third kappa shape index (κ3) is 5.45. The molecule has 2 fully saturated rings. The van der Waals surface area contributed by atoms with Crippen molar-refractivity contribution in [3.63, 3.8) is 0 Å². The SMILES string of the molecule is COC(c1cc(F)c2c(c1)C(=O)N(Cc1ccc(C#N)cc1)C2(OC1CC(O)C1)c1ccc(Cl)cc1)C1CCN(C)CC1. The van der Waals surface area contributed by atoms with E-state index in [4.69, 9.17) is 21.1 Å². The summed E-state index contributed by atoms with van der Waals surface area (Å²) in [5, 5.41) is 19.9. The first-order valence-electron chi connectivity index (χ1n) is 14.7. The van der Waals surface area contributed by atoms with Gasteiger partial charge in [0.15, 0.2) is 0 Å². The lowest BCUT2D eigenvalue weighted by molar-refractivity contribution is -0.190. The first-order valence-corrected chi connectivity index (χ1v) is 15.1. The van der Waals surface area contributed by atoms with Crippen LogP contribution >= 0.6 is 11.6 Å². The third-order valence-electron chi connectivity index (χ3n) is 9.15. The first-order chi connectivity index (χ1) is 20.7. The molecule has 1 N–H and O–H groups in total. The number of rotatable bonds is 8. The number of amides is 1. The minimum absolute atomic E-state index is 0.106. The largest absolute Gasteiger partial charge is 0.393 e. The van der Waals surface area contributed by atoms with Gasteiger partial charge in [0.05, 0.1) is 41.1 Å². The highest BCUT2D eigenvalue weighted by Gasteiger charge is 2.56. The Morgan fingerprint density at radius 3 is 2.40 bits per heavy atom. The Bertz CT molecular complexity index is 1530. The number of carbonyl (C=O) groups excluding carboxylic acids is 1. The number of hydrogen-bond acceptors (Lipinski definition) is 6. The molecule has 3 aromatic rings. The van der Waals surface area contributed by atoms with Gasteiger partial charge in [-0.2, -0.15) is 5.26 Å². The van der Waals surface area contributed by atoms with E-state index in [1.54, 1.807) is 66.6 Å². The number of hydrogen-bond donors (Lipinski definition) is 1. The van der Waals surface area contributed by atoms with E-state index in [2.05, 4.69) is 18.0 Å². The molecule has 9 heteroatoms. The lowest BCUT2D eigenvalue weighted by Gasteiger charge is -2.45. The van der Waals surface area contributed by atoms with E-state index in [9.17, 15) is 15.2 Å². The number of halogens is 2. The lowest BCUT2D eigenvalue weighted by atomic mass is 9.84. The van der Waals surface area contributed by atoms with Crippen molar-refractivity contribution in [1.82, 2.24) is 9.80 Å². The van der Waals surface area contributed by atoms with E-state index in [0.29, 0.717) is 34.6 Å². The molecule has 0 aromatic heterocycles. The summed E-state index contributed by atoms with van der Waals surface area (Å²) >= 11 is 6.26. The number of methoxy groups -OCH3 is 1. The Labute approximate surface area is 256 Å². The van der Waals surface area contributed by atoms with Gasteiger partial charge < -0.3 is 19.5 Å². The van der Waals surface area contributed by atoms with Crippen LogP contribution in [0.2, 0.25) is 5.02 Å². The lowest BCUT2D eigenvalue weighted by Crippen LogP contribution is -2.51. The van der Waals surface area contributed by atoms with Gasteiger partial charge in [0, 0.05) is 24.2 Å². The molecule has 2 atom stereocenters. The molecule has 3 aliphatic rings. The predicted molar refractivity (Wildman–Crippen MR) is 160 cm³/mol. The number of benzene rings is 3. The number of piperidine rings is 1. The Balaban J connectivity index is 1.50. The molecule has 43 heavy (non-hydrogen) atoms. The Morgan fingerprint density at radius 2 is 1.79 bits per heavy atom. The molecule has 2 unspecified atom stereocenters. The summed E-state index contributed by atoms with van der Waals surface area (Å²) in [7, 11) is 3.72. The molecule has 6 rings (SSSR count). The van der Waals surface area contributed by atoms with E-state index in [1.807, 2.05) is 0 Å². The minimum Gasteiger partial charge on any atom is -0.393 e. The molecule has 0 spiro atoms. The highest BCUT2D eigenvalue weighted by Crippen LogP contribution is 2.51. The van der Waals surface area contributed by atoms with Crippen LogP contribution in [0.3, 0.4) is 0 Å². The number of fused-ring (bicyclic) bond motifs is 1. The van der Waals surface area contributed by atoms with Gasteiger partial charge in [-0.15, -0.1) is 0 Å². The van der Waals surface area contributed by atoms with Crippen LogP contribution in [0.4, 0.5) is 4.39 Å². The van der Waals surface area contributed by atoms with Gasteiger partial charge in [-0.05, 0) is 99.3 Å². The number of likely N-dealkylation sites (tertiary alicyclic amines) is 1. The summed E-state index contributed by atoms with van der Waals surface area (Å²) in [6.45, 7) is 1.96. The third-order valence-corrected chi connectivity index (χ3v) is 9.40. The molecule has 3 aromatic carbocycles. The number of ether oxygens (including phenoxy) is 2. The standard InChI is InChI=1S/C34H35ClFN3O4/c1-38-13-11-23(12-14-38)32(42-2)24-15-29-31(30(36)16-24)34(43-28-17-27(40)18-28,25-7-9-26(35)10-8-25)39(33(29)41)20-22-5-3-21(19-37)4-6-22/h3-10,15-16,23,27-28,32,40H,11-14,17-18,20H2,1-2H3. The van der Waals surface area contributed by atoms with Crippen molar-refractivity contribution in [1.29, 1.82) is 5.26 Å². The summed E-state index contributed by atoms with van der Waals surface area (Å²) in [5.74, 6) is -0.722. The zero-order chi connectivity index (χ0) is 30.3. The number of nitriles is 1. The summed E-state index contributed by atoms with van der Waals surface area (Å²) in [6, 6.07) is 19.3. The van der Waals surface area contributed by atoms with Crippen LogP contribution in [0.25, 0.3) is 0 Å². The van der Waals surface area contributed by atoms with Crippen molar-refractivity contribution in [3.8, 4) is 6.07 Å². The molecule has 0 bridgehead atoms. The van der Waals surface area contributed by atoms with Crippen molar-refractivity contribution < 1.29 is 23.8 Å². The van der Waals surface area contributed by atoms with E-state index >= 15 is 4.39 Å². The second-order valence-corrected chi connectivity index (χ2v) is 12.4. The zero-order valence-electron chi connectivity index (χ0n) is 24.3. The van der Waals surface area contributed by atoms with Gasteiger partial charge >= 0.3 is 0 Å². The number of aliphatic hydroxyl groups is 1.